The number of benzene rings is 2. The van der Waals surface area contributed by atoms with Crippen molar-refractivity contribution >= 4 is 17.2 Å². The van der Waals surface area contributed by atoms with Gasteiger partial charge in [-0.05, 0) is 99.6 Å². The third-order valence-electron chi connectivity index (χ3n) is 7.64. The van der Waals surface area contributed by atoms with Gasteiger partial charge >= 0.3 is 0 Å². The van der Waals surface area contributed by atoms with Crippen LogP contribution in [0.5, 0.6) is 5.75 Å². The number of thiophene rings is 1. The van der Waals surface area contributed by atoms with Gasteiger partial charge in [0.25, 0.3) is 5.91 Å². The summed E-state index contributed by atoms with van der Waals surface area (Å²) in [5.41, 5.74) is 3.93. The summed E-state index contributed by atoms with van der Waals surface area (Å²) >= 11 is 1.85. The lowest BCUT2D eigenvalue weighted by Crippen LogP contribution is -2.34. The van der Waals surface area contributed by atoms with Crippen molar-refractivity contribution in [1.29, 1.82) is 0 Å². The highest BCUT2D eigenvalue weighted by atomic mass is 32.1. The Hall–Kier alpha value is -2.67. The molecule has 1 aliphatic heterocycles. The van der Waals surface area contributed by atoms with Gasteiger partial charge in [0, 0.05) is 27.9 Å². The maximum Gasteiger partial charge on any atom is 0.252 e. The molecule has 3 aromatic rings. The number of piperidine rings is 1. The zero-order valence-electron chi connectivity index (χ0n) is 22.0. The molecule has 196 valence electrons. The van der Waals surface area contributed by atoms with E-state index < -0.39 is 0 Å². The van der Waals surface area contributed by atoms with Gasteiger partial charge in [-0.1, -0.05) is 37.1 Å². The molecule has 6 heteroatoms. The van der Waals surface area contributed by atoms with Crippen molar-refractivity contribution < 1.29 is 9.53 Å². The Kier molecular flexibility index (Phi) is 8.59. The number of nitrogens with one attached hydrogen (secondary N) is 3. The van der Waals surface area contributed by atoms with Gasteiger partial charge in [0.05, 0.1) is 6.04 Å². The fourth-order valence-corrected chi connectivity index (χ4v) is 6.30. The summed E-state index contributed by atoms with van der Waals surface area (Å²) in [5.74, 6) is 0.704. The molecule has 5 nitrogen and oxygen atoms in total. The van der Waals surface area contributed by atoms with Crippen LogP contribution < -0.4 is 20.7 Å². The SMILES string of the molecule is Cc1ccc(OC2CCNCC2)cc1C(=O)N[C@H](C)c1cccc(-c2ccc(CNC3CCCC3)s2)c1. The van der Waals surface area contributed by atoms with Gasteiger partial charge in [-0.25, -0.2) is 0 Å². The van der Waals surface area contributed by atoms with Gasteiger partial charge < -0.3 is 20.7 Å². The smallest absolute Gasteiger partial charge is 0.252 e. The first-order chi connectivity index (χ1) is 18.0. The van der Waals surface area contributed by atoms with E-state index in [2.05, 4.69) is 52.3 Å². The highest BCUT2D eigenvalue weighted by Gasteiger charge is 2.19. The number of hydrogen-bond acceptors (Lipinski definition) is 5. The lowest BCUT2D eigenvalue weighted by molar-refractivity contribution is 0.0938. The number of hydrogen-bond donors (Lipinski definition) is 3. The normalized spacial score (nSPS) is 17.6. The molecule has 1 atom stereocenters. The molecule has 1 aliphatic carbocycles. The topological polar surface area (TPSA) is 62.4 Å². The van der Waals surface area contributed by atoms with Crippen molar-refractivity contribution in [2.75, 3.05) is 13.1 Å². The van der Waals surface area contributed by atoms with Gasteiger partial charge in [0.2, 0.25) is 0 Å². The first kappa shape index (κ1) is 26.0. The molecule has 0 bridgehead atoms. The molecule has 0 spiro atoms. The minimum atomic E-state index is -0.107. The summed E-state index contributed by atoms with van der Waals surface area (Å²) in [6, 6.07) is 19.4. The van der Waals surface area contributed by atoms with E-state index in [0.29, 0.717) is 11.6 Å². The van der Waals surface area contributed by atoms with Gasteiger partial charge in [-0.2, -0.15) is 0 Å². The monoisotopic (exact) mass is 517 g/mol. The summed E-state index contributed by atoms with van der Waals surface area (Å²) in [7, 11) is 0. The van der Waals surface area contributed by atoms with E-state index in [4.69, 9.17) is 4.74 Å². The third kappa shape index (κ3) is 6.81. The van der Waals surface area contributed by atoms with E-state index in [-0.39, 0.29) is 18.1 Å². The Labute approximate surface area is 225 Å². The molecule has 2 heterocycles. The maximum absolute atomic E-state index is 13.3. The third-order valence-corrected chi connectivity index (χ3v) is 8.78. The minimum Gasteiger partial charge on any atom is -0.490 e. The molecule has 2 aromatic carbocycles. The van der Waals surface area contributed by atoms with Crippen LogP contribution in [-0.4, -0.2) is 31.1 Å². The van der Waals surface area contributed by atoms with Crippen LogP contribution in [0.1, 0.15) is 77.9 Å². The van der Waals surface area contributed by atoms with E-state index in [0.717, 1.165) is 49.4 Å². The molecule has 0 unspecified atom stereocenters. The van der Waals surface area contributed by atoms with Crippen molar-refractivity contribution in [3.05, 3.63) is 76.2 Å². The first-order valence-corrected chi connectivity index (χ1v) is 14.6. The van der Waals surface area contributed by atoms with Crippen molar-refractivity contribution in [2.24, 2.45) is 0 Å². The summed E-state index contributed by atoms with van der Waals surface area (Å²) in [5, 5.41) is 10.3. The number of rotatable bonds is 9. The average Bonchev–Trinajstić information content (AvgIpc) is 3.62. The molecule has 3 N–H and O–H groups in total. The van der Waals surface area contributed by atoms with E-state index in [1.54, 1.807) is 0 Å². The molecule has 0 radical (unpaired) electrons. The molecular weight excluding hydrogens is 478 g/mol. The van der Waals surface area contributed by atoms with Gasteiger partial charge in [-0.3, -0.25) is 4.79 Å². The van der Waals surface area contributed by atoms with Crippen molar-refractivity contribution in [3.8, 4) is 16.2 Å². The minimum absolute atomic E-state index is 0.0671. The summed E-state index contributed by atoms with van der Waals surface area (Å²) in [4.78, 5) is 15.9. The van der Waals surface area contributed by atoms with Gasteiger partial charge in [0.1, 0.15) is 11.9 Å². The first-order valence-electron chi connectivity index (χ1n) is 13.8. The zero-order valence-corrected chi connectivity index (χ0v) is 22.8. The number of ether oxygens (including phenoxy) is 1. The van der Waals surface area contributed by atoms with Crippen LogP contribution in [0.2, 0.25) is 0 Å². The fourth-order valence-electron chi connectivity index (χ4n) is 5.35. The fraction of sp³-hybridized carbons (Fsp3) is 0.452. The van der Waals surface area contributed by atoms with Crippen LogP contribution in [0.4, 0.5) is 0 Å². The van der Waals surface area contributed by atoms with Crippen molar-refractivity contribution in [1.82, 2.24) is 16.0 Å². The molecular formula is C31H39N3O2S. The maximum atomic E-state index is 13.3. The second-order valence-corrected chi connectivity index (χ2v) is 11.7. The number of carbonyl (C=O) groups is 1. The molecule has 1 saturated heterocycles. The summed E-state index contributed by atoms with van der Waals surface area (Å²) in [6.45, 7) is 6.92. The average molecular weight is 518 g/mol. The van der Waals surface area contributed by atoms with Crippen molar-refractivity contribution in [3.63, 3.8) is 0 Å². The van der Waals surface area contributed by atoms with Crippen LogP contribution in [0, 0.1) is 6.92 Å². The van der Waals surface area contributed by atoms with Crippen LogP contribution >= 0.6 is 11.3 Å². The van der Waals surface area contributed by atoms with Gasteiger partial charge in [0.15, 0.2) is 0 Å². The van der Waals surface area contributed by atoms with Crippen LogP contribution in [0.15, 0.2) is 54.6 Å². The Bertz CT molecular complexity index is 1190. The second-order valence-electron chi connectivity index (χ2n) is 10.5. The second kappa shape index (κ2) is 12.2. The predicted octanol–water partition coefficient (Wildman–Crippen LogP) is 6.38. The van der Waals surface area contributed by atoms with E-state index in [9.17, 15) is 4.79 Å². The highest BCUT2D eigenvalue weighted by Crippen LogP contribution is 2.31. The summed E-state index contributed by atoms with van der Waals surface area (Å²) < 4.78 is 6.18. The van der Waals surface area contributed by atoms with Crippen LogP contribution in [-0.2, 0) is 6.54 Å². The number of amides is 1. The molecule has 1 amide bonds. The quantitative estimate of drug-likeness (QED) is 0.308. The lowest BCUT2D eigenvalue weighted by atomic mass is 10.0. The highest BCUT2D eigenvalue weighted by molar-refractivity contribution is 7.15. The van der Waals surface area contributed by atoms with E-state index in [1.807, 2.05) is 43.4 Å². The standard InChI is InChI=1S/C31H39N3O2S/c1-21-10-11-27(36-26-14-16-32-17-15-26)19-29(21)31(35)34-22(2)23-6-5-7-24(18-23)30-13-12-28(37-30)20-33-25-8-3-4-9-25/h5-7,10-13,18-19,22,25-26,32-33H,3-4,8-9,14-17,20H2,1-2H3,(H,34,35)/t22-/m1/s1. The Morgan fingerprint density at radius 3 is 2.68 bits per heavy atom. The Morgan fingerprint density at radius 2 is 1.86 bits per heavy atom. The van der Waals surface area contributed by atoms with Crippen molar-refractivity contribution in [2.45, 2.75) is 77.1 Å². The molecule has 1 aromatic heterocycles. The molecule has 1 saturated carbocycles. The van der Waals surface area contributed by atoms with E-state index >= 15 is 0 Å². The Morgan fingerprint density at radius 1 is 1.05 bits per heavy atom. The van der Waals surface area contributed by atoms with E-state index in [1.165, 1.54) is 41.0 Å². The van der Waals surface area contributed by atoms with Crippen LogP contribution in [0.3, 0.4) is 0 Å². The largest absolute Gasteiger partial charge is 0.490 e. The molecule has 2 fully saturated rings. The molecule has 5 rings (SSSR count). The predicted molar refractivity (Wildman–Crippen MR) is 152 cm³/mol. The molecule has 2 aliphatic rings. The molecule has 37 heavy (non-hydrogen) atoms. The summed E-state index contributed by atoms with van der Waals surface area (Å²) in [6.07, 6.45) is 7.50. The van der Waals surface area contributed by atoms with Gasteiger partial charge in [-0.15, -0.1) is 11.3 Å². The zero-order chi connectivity index (χ0) is 25.6. The van der Waals surface area contributed by atoms with Crippen LogP contribution in [0.25, 0.3) is 10.4 Å². The number of aryl methyl sites for hydroxylation is 1. The Balaban J connectivity index is 1.22. The number of carbonyl (C=O) groups excluding carboxylic acids is 1. The lowest BCUT2D eigenvalue weighted by Gasteiger charge is -2.24.